The average Bonchev–Trinajstić information content (AvgIpc) is 3.11. The van der Waals surface area contributed by atoms with Crippen LogP contribution in [0.15, 0.2) is 61.2 Å². The molecular formula is C18H18ClN5O. The molecular weight excluding hydrogens is 338 g/mol. The minimum Gasteiger partial charge on any atom is -0.336 e. The number of rotatable bonds is 6. The zero-order valence-corrected chi connectivity index (χ0v) is 14.3. The molecule has 25 heavy (non-hydrogen) atoms. The van der Waals surface area contributed by atoms with Gasteiger partial charge in [-0.1, -0.05) is 29.8 Å². The molecule has 3 aromatic rings. The third-order valence-electron chi connectivity index (χ3n) is 3.62. The van der Waals surface area contributed by atoms with Gasteiger partial charge in [0.15, 0.2) is 0 Å². The van der Waals surface area contributed by atoms with Crippen LogP contribution in [0.4, 0.5) is 4.79 Å². The van der Waals surface area contributed by atoms with E-state index >= 15 is 0 Å². The number of halogens is 1. The molecule has 0 aliphatic heterocycles. The van der Waals surface area contributed by atoms with Gasteiger partial charge in [-0.15, -0.1) is 0 Å². The predicted molar refractivity (Wildman–Crippen MR) is 97.1 cm³/mol. The Hall–Kier alpha value is -2.86. The molecule has 7 heteroatoms. The Bertz CT molecular complexity index is 817. The molecule has 0 bridgehead atoms. The standard InChI is InChI=1S/C18H18ClN5O/c19-17-5-3-14(4-6-17)10-22-18(25)21-8-9-24-13-16(12-23-24)15-2-1-7-20-11-15/h1-7,11-13H,8-10H2,(H2,21,22,25). The summed E-state index contributed by atoms with van der Waals surface area (Å²) in [6, 6.07) is 11.0. The van der Waals surface area contributed by atoms with E-state index in [1.54, 1.807) is 35.4 Å². The molecule has 0 atom stereocenters. The number of hydrogen-bond donors (Lipinski definition) is 2. The minimum absolute atomic E-state index is 0.213. The van der Waals surface area contributed by atoms with E-state index in [4.69, 9.17) is 11.6 Å². The number of carbonyl (C=O) groups excluding carboxylic acids is 1. The van der Waals surface area contributed by atoms with Crippen molar-refractivity contribution in [2.75, 3.05) is 6.54 Å². The molecule has 0 aliphatic carbocycles. The maximum absolute atomic E-state index is 11.8. The van der Waals surface area contributed by atoms with Crippen LogP contribution in [0, 0.1) is 0 Å². The minimum atomic E-state index is -0.213. The third-order valence-corrected chi connectivity index (χ3v) is 3.87. The lowest BCUT2D eigenvalue weighted by atomic mass is 10.2. The van der Waals surface area contributed by atoms with Crippen molar-refractivity contribution in [2.45, 2.75) is 13.1 Å². The number of nitrogens with zero attached hydrogens (tertiary/aromatic N) is 3. The van der Waals surface area contributed by atoms with Gasteiger partial charge in [0, 0.05) is 47.8 Å². The van der Waals surface area contributed by atoms with Crippen LogP contribution in [0.1, 0.15) is 5.56 Å². The van der Waals surface area contributed by atoms with E-state index in [1.807, 2.05) is 30.5 Å². The van der Waals surface area contributed by atoms with Gasteiger partial charge in [0.2, 0.25) is 0 Å². The van der Waals surface area contributed by atoms with Crippen LogP contribution in [-0.4, -0.2) is 27.3 Å². The van der Waals surface area contributed by atoms with Gasteiger partial charge < -0.3 is 10.6 Å². The summed E-state index contributed by atoms with van der Waals surface area (Å²) in [4.78, 5) is 15.9. The molecule has 2 heterocycles. The molecule has 0 fully saturated rings. The first-order valence-corrected chi connectivity index (χ1v) is 8.27. The van der Waals surface area contributed by atoms with Crippen molar-refractivity contribution in [3.05, 3.63) is 71.8 Å². The summed E-state index contributed by atoms with van der Waals surface area (Å²) in [5.74, 6) is 0. The first-order chi connectivity index (χ1) is 12.2. The maximum Gasteiger partial charge on any atom is 0.315 e. The molecule has 0 saturated carbocycles. The smallest absolute Gasteiger partial charge is 0.315 e. The summed E-state index contributed by atoms with van der Waals surface area (Å²) in [6.07, 6.45) is 7.26. The van der Waals surface area contributed by atoms with Crippen molar-refractivity contribution in [3.63, 3.8) is 0 Å². The second-order valence-corrected chi connectivity index (χ2v) is 5.91. The van der Waals surface area contributed by atoms with Crippen LogP contribution in [-0.2, 0) is 13.1 Å². The lowest BCUT2D eigenvalue weighted by Gasteiger charge is -2.08. The zero-order chi connectivity index (χ0) is 17.5. The summed E-state index contributed by atoms with van der Waals surface area (Å²) in [5.41, 5.74) is 3.01. The Morgan fingerprint density at radius 3 is 2.68 bits per heavy atom. The predicted octanol–water partition coefficient (Wildman–Crippen LogP) is 3.10. The average molecular weight is 356 g/mol. The fourth-order valence-corrected chi connectivity index (χ4v) is 2.43. The largest absolute Gasteiger partial charge is 0.336 e. The third kappa shape index (κ3) is 5.06. The molecule has 2 N–H and O–H groups in total. The first kappa shape index (κ1) is 17.0. The monoisotopic (exact) mass is 355 g/mol. The van der Waals surface area contributed by atoms with Gasteiger partial charge in [-0.05, 0) is 23.8 Å². The van der Waals surface area contributed by atoms with Crippen LogP contribution in [0.3, 0.4) is 0 Å². The van der Waals surface area contributed by atoms with E-state index in [2.05, 4.69) is 20.7 Å². The quantitative estimate of drug-likeness (QED) is 0.713. The molecule has 2 aromatic heterocycles. The normalized spacial score (nSPS) is 10.4. The van der Waals surface area contributed by atoms with Gasteiger partial charge in [-0.2, -0.15) is 5.10 Å². The molecule has 0 spiro atoms. The van der Waals surface area contributed by atoms with Crippen LogP contribution in [0.2, 0.25) is 5.02 Å². The van der Waals surface area contributed by atoms with Crippen molar-refractivity contribution >= 4 is 17.6 Å². The fourth-order valence-electron chi connectivity index (χ4n) is 2.30. The lowest BCUT2D eigenvalue weighted by Crippen LogP contribution is -2.36. The van der Waals surface area contributed by atoms with E-state index in [1.165, 1.54) is 0 Å². The van der Waals surface area contributed by atoms with Crippen molar-refractivity contribution in [2.24, 2.45) is 0 Å². The summed E-state index contributed by atoms with van der Waals surface area (Å²) >= 11 is 5.83. The van der Waals surface area contributed by atoms with Crippen LogP contribution in [0.25, 0.3) is 11.1 Å². The van der Waals surface area contributed by atoms with Gasteiger partial charge in [0.05, 0.1) is 12.7 Å². The highest BCUT2D eigenvalue weighted by Gasteiger charge is 2.03. The first-order valence-electron chi connectivity index (χ1n) is 7.90. The van der Waals surface area contributed by atoms with Gasteiger partial charge in [0.1, 0.15) is 0 Å². The van der Waals surface area contributed by atoms with Crippen LogP contribution >= 0.6 is 11.6 Å². The summed E-state index contributed by atoms with van der Waals surface area (Å²) in [5, 5.41) is 10.6. The van der Waals surface area contributed by atoms with Crippen molar-refractivity contribution < 1.29 is 4.79 Å². The maximum atomic E-state index is 11.8. The van der Waals surface area contributed by atoms with E-state index in [0.29, 0.717) is 24.7 Å². The number of benzene rings is 1. The van der Waals surface area contributed by atoms with Crippen molar-refractivity contribution in [1.82, 2.24) is 25.4 Å². The Morgan fingerprint density at radius 2 is 1.92 bits per heavy atom. The number of aromatic nitrogens is 3. The van der Waals surface area contributed by atoms with Gasteiger partial charge in [-0.3, -0.25) is 9.67 Å². The number of amides is 2. The molecule has 6 nitrogen and oxygen atoms in total. The molecule has 2 amide bonds. The van der Waals surface area contributed by atoms with Gasteiger partial charge in [-0.25, -0.2) is 4.79 Å². The Morgan fingerprint density at radius 1 is 1.08 bits per heavy atom. The summed E-state index contributed by atoms with van der Waals surface area (Å²) < 4.78 is 1.79. The van der Waals surface area contributed by atoms with Gasteiger partial charge in [0.25, 0.3) is 0 Å². The number of pyridine rings is 1. The van der Waals surface area contributed by atoms with E-state index < -0.39 is 0 Å². The Labute approximate surface area is 150 Å². The van der Waals surface area contributed by atoms with E-state index in [0.717, 1.165) is 16.7 Å². The highest BCUT2D eigenvalue weighted by Crippen LogP contribution is 2.16. The molecule has 1 aromatic carbocycles. The lowest BCUT2D eigenvalue weighted by molar-refractivity contribution is 0.240. The Balaban J connectivity index is 1.41. The van der Waals surface area contributed by atoms with Crippen LogP contribution in [0.5, 0.6) is 0 Å². The second kappa shape index (κ2) is 8.30. The van der Waals surface area contributed by atoms with E-state index in [9.17, 15) is 4.79 Å². The molecule has 0 saturated heterocycles. The van der Waals surface area contributed by atoms with Crippen molar-refractivity contribution in [3.8, 4) is 11.1 Å². The SMILES string of the molecule is O=C(NCCn1cc(-c2cccnc2)cn1)NCc1ccc(Cl)cc1. The van der Waals surface area contributed by atoms with Gasteiger partial charge >= 0.3 is 6.03 Å². The molecule has 0 unspecified atom stereocenters. The van der Waals surface area contributed by atoms with Crippen molar-refractivity contribution in [1.29, 1.82) is 0 Å². The highest BCUT2D eigenvalue weighted by atomic mass is 35.5. The number of nitrogens with one attached hydrogen (secondary N) is 2. The molecule has 3 rings (SSSR count). The molecule has 0 aliphatic rings. The summed E-state index contributed by atoms with van der Waals surface area (Å²) in [7, 11) is 0. The Kier molecular flexibility index (Phi) is 5.64. The topological polar surface area (TPSA) is 71.8 Å². The zero-order valence-electron chi connectivity index (χ0n) is 13.5. The number of hydrogen-bond acceptors (Lipinski definition) is 3. The number of carbonyl (C=O) groups is 1. The number of urea groups is 1. The van der Waals surface area contributed by atoms with Crippen LogP contribution < -0.4 is 10.6 Å². The molecule has 0 radical (unpaired) electrons. The highest BCUT2D eigenvalue weighted by molar-refractivity contribution is 6.30. The van der Waals surface area contributed by atoms with E-state index in [-0.39, 0.29) is 6.03 Å². The fraction of sp³-hybridized carbons (Fsp3) is 0.167. The molecule has 128 valence electrons. The second-order valence-electron chi connectivity index (χ2n) is 5.47. The summed E-state index contributed by atoms with van der Waals surface area (Å²) in [6.45, 7) is 1.53.